The van der Waals surface area contributed by atoms with E-state index in [0.29, 0.717) is 48.6 Å². The molecule has 148 valence electrons. The Hall–Kier alpha value is -2.91. The highest BCUT2D eigenvalue weighted by molar-refractivity contribution is 6.03. The zero-order valence-electron chi connectivity index (χ0n) is 15.5. The second-order valence-electron chi connectivity index (χ2n) is 6.46. The van der Waals surface area contributed by atoms with Gasteiger partial charge in [0.1, 0.15) is 18.9 Å². The lowest BCUT2D eigenvalue weighted by Gasteiger charge is -2.26. The maximum Gasteiger partial charge on any atom is 0.274 e. The third-order valence-electron chi connectivity index (χ3n) is 4.50. The van der Waals surface area contributed by atoms with Crippen molar-refractivity contribution in [2.45, 2.75) is 0 Å². The summed E-state index contributed by atoms with van der Waals surface area (Å²) in [5.41, 5.74) is 0.911. The van der Waals surface area contributed by atoms with Crippen LogP contribution in [0.5, 0.6) is 11.5 Å². The molecule has 1 amide bonds. The first kappa shape index (κ1) is 18.5. The van der Waals surface area contributed by atoms with E-state index < -0.39 is 0 Å². The van der Waals surface area contributed by atoms with Crippen molar-refractivity contribution in [3.8, 4) is 11.5 Å². The van der Waals surface area contributed by atoms with Gasteiger partial charge in [0.25, 0.3) is 5.91 Å². The Balaban J connectivity index is 1.33. The molecule has 1 fully saturated rings. The summed E-state index contributed by atoms with van der Waals surface area (Å²) in [6.45, 7) is 6.00. The summed E-state index contributed by atoms with van der Waals surface area (Å²) in [5.74, 6) is 1.42. The highest BCUT2D eigenvalue weighted by Gasteiger charge is 2.15. The third kappa shape index (κ3) is 4.68. The average molecular weight is 385 g/mol. The van der Waals surface area contributed by atoms with Crippen LogP contribution in [0.3, 0.4) is 0 Å². The second-order valence-corrected chi connectivity index (χ2v) is 6.46. The quantitative estimate of drug-likeness (QED) is 0.767. The van der Waals surface area contributed by atoms with Gasteiger partial charge in [0.05, 0.1) is 13.2 Å². The number of benzene rings is 1. The van der Waals surface area contributed by atoms with Crippen molar-refractivity contribution in [1.29, 1.82) is 0 Å². The molecule has 0 bridgehead atoms. The van der Waals surface area contributed by atoms with E-state index >= 15 is 0 Å². The highest BCUT2D eigenvalue weighted by Crippen LogP contribution is 2.32. The third-order valence-corrected chi connectivity index (χ3v) is 4.50. The predicted octanol–water partition coefficient (Wildman–Crippen LogP) is 1.24. The van der Waals surface area contributed by atoms with E-state index in [1.165, 1.54) is 0 Å². The molecule has 4 rings (SSSR count). The maximum absolute atomic E-state index is 12.5. The van der Waals surface area contributed by atoms with E-state index in [4.69, 9.17) is 14.2 Å². The van der Waals surface area contributed by atoms with Crippen LogP contribution in [0.2, 0.25) is 0 Å². The van der Waals surface area contributed by atoms with Crippen LogP contribution in [0, 0.1) is 0 Å². The lowest BCUT2D eigenvalue weighted by Crippen LogP contribution is -2.39. The van der Waals surface area contributed by atoms with Crippen molar-refractivity contribution in [2.75, 3.05) is 63.2 Å². The first-order valence-electron chi connectivity index (χ1n) is 9.36. The Morgan fingerprint density at radius 3 is 2.75 bits per heavy atom. The smallest absolute Gasteiger partial charge is 0.274 e. The minimum Gasteiger partial charge on any atom is -0.486 e. The van der Waals surface area contributed by atoms with E-state index in [1.807, 2.05) is 0 Å². The highest BCUT2D eigenvalue weighted by atomic mass is 16.6. The normalized spacial score (nSPS) is 16.4. The van der Waals surface area contributed by atoms with Gasteiger partial charge in [-0.3, -0.25) is 9.69 Å². The van der Waals surface area contributed by atoms with Crippen LogP contribution in [-0.2, 0) is 4.74 Å². The van der Waals surface area contributed by atoms with Crippen LogP contribution in [0.25, 0.3) is 0 Å². The van der Waals surface area contributed by atoms with Crippen LogP contribution in [0.1, 0.15) is 10.5 Å². The van der Waals surface area contributed by atoms with Gasteiger partial charge in [-0.1, -0.05) is 0 Å². The van der Waals surface area contributed by atoms with E-state index in [9.17, 15) is 4.79 Å². The summed E-state index contributed by atoms with van der Waals surface area (Å²) >= 11 is 0. The van der Waals surface area contributed by atoms with Crippen LogP contribution in [0.15, 0.2) is 30.5 Å². The number of hydrogen-bond acceptors (Lipinski definition) is 8. The zero-order valence-corrected chi connectivity index (χ0v) is 15.5. The predicted molar refractivity (Wildman–Crippen MR) is 103 cm³/mol. The topological polar surface area (TPSA) is 97.8 Å². The summed E-state index contributed by atoms with van der Waals surface area (Å²) in [7, 11) is 0. The van der Waals surface area contributed by atoms with Crippen LogP contribution in [0.4, 0.5) is 11.6 Å². The summed E-state index contributed by atoms with van der Waals surface area (Å²) in [6, 6.07) is 6.88. The number of nitrogens with zero attached hydrogens (tertiary/aromatic N) is 3. The molecular weight excluding hydrogens is 362 g/mol. The van der Waals surface area contributed by atoms with Crippen molar-refractivity contribution in [3.05, 3.63) is 36.2 Å². The minimum absolute atomic E-state index is 0.291. The molecule has 1 saturated heterocycles. The van der Waals surface area contributed by atoms with Crippen LogP contribution in [-0.4, -0.2) is 73.4 Å². The lowest BCUT2D eigenvalue weighted by atomic mass is 10.2. The van der Waals surface area contributed by atoms with Gasteiger partial charge >= 0.3 is 0 Å². The number of carbonyl (C=O) groups is 1. The zero-order chi connectivity index (χ0) is 19.2. The molecule has 0 unspecified atom stereocenters. The van der Waals surface area contributed by atoms with E-state index in [0.717, 1.165) is 32.8 Å². The Morgan fingerprint density at radius 2 is 1.89 bits per heavy atom. The van der Waals surface area contributed by atoms with Gasteiger partial charge in [0.2, 0.25) is 5.95 Å². The number of nitrogens with one attached hydrogen (secondary N) is 2. The van der Waals surface area contributed by atoms with E-state index in [2.05, 4.69) is 25.5 Å². The first-order valence-corrected chi connectivity index (χ1v) is 9.36. The number of morpholine rings is 1. The van der Waals surface area contributed by atoms with Crippen molar-refractivity contribution in [3.63, 3.8) is 0 Å². The van der Waals surface area contributed by atoms with E-state index in [1.54, 1.807) is 30.5 Å². The molecule has 9 nitrogen and oxygen atoms in total. The number of fused-ring (bicyclic) bond motifs is 1. The Morgan fingerprint density at radius 1 is 1.07 bits per heavy atom. The van der Waals surface area contributed by atoms with Gasteiger partial charge in [0.15, 0.2) is 11.5 Å². The molecule has 2 N–H and O–H groups in total. The largest absolute Gasteiger partial charge is 0.486 e. The molecule has 2 aliphatic rings. The number of aromatic nitrogens is 2. The van der Waals surface area contributed by atoms with Gasteiger partial charge in [-0.05, 0) is 18.2 Å². The fraction of sp³-hybridized carbons (Fsp3) is 0.421. The number of amides is 1. The molecule has 2 aromatic rings. The van der Waals surface area contributed by atoms with Gasteiger partial charge in [-0.25, -0.2) is 9.97 Å². The van der Waals surface area contributed by atoms with Gasteiger partial charge < -0.3 is 24.8 Å². The summed E-state index contributed by atoms with van der Waals surface area (Å²) in [4.78, 5) is 23.3. The van der Waals surface area contributed by atoms with Crippen molar-refractivity contribution >= 4 is 17.5 Å². The Labute approximate surface area is 163 Å². The summed E-state index contributed by atoms with van der Waals surface area (Å²) in [5, 5.41) is 6.00. The molecule has 28 heavy (non-hydrogen) atoms. The maximum atomic E-state index is 12.5. The van der Waals surface area contributed by atoms with Crippen LogP contribution >= 0.6 is 0 Å². The number of ether oxygens (including phenoxy) is 3. The molecule has 2 aliphatic heterocycles. The van der Waals surface area contributed by atoms with Gasteiger partial charge in [-0.15, -0.1) is 0 Å². The number of hydrogen-bond donors (Lipinski definition) is 2. The standard InChI is InChI=1S/C19H23N5O4/c25-18(22-14-1-2-16-17(13-14)28-12-11-27-16)15-3-4-20-19(23-15)21-5-6-24-7-9-26-10-8-24/h1-4,13H,5-12H2,(H,22,25)(H,20,21,23). The molecule has 0 aliphatic carbocycles. The van der Waals surface area contributed by atoms with Gasteiger partial charge in [0, 0.05) is 44.1 Å². The number of anilines is 2. The van der Waals surface area contributed by atoms with Crippen molar-refractivity contribution in [2.24, 2.45) is 0 Å². The molecule has 1 aromatic heterocycles. The number of rotatable bonds is 6. The Bertz CT molecular complexity index is 826. The molecule has 3 heterocycles. The first-order chi connectivity index (χ1) is 13.8. The van der Waals surface area contributed by atoms with E-state index in [-0.39, 0.29) is 5.91 Å². The molecular formula is C19H23N5O4. The molecule has 0 saturated carbocycles. The SMILES string of the molecule is O=C(Nc1ccc2c(c1)OCCO2)c1ccnc(NCCN2CCOCC2)n1. The fourth-order valence-corrected chi connectivity index (χ4v) is 3.04. The second kappa shape index (κ2) is 8.85. The van der Waals surface area contributed by atoms with Crippen molar-refractivity contribution < 1.29 is 19.0 Å². The van der Waals surface area contributed by atoms with Gasteiger partial charge in [-0.2, -0.15) is 0 Å². The fourth-order valence-electron chi connectivity index (χ4n) is 3.04. The van der Waals surface area contributed by atoms with Crippen molar-refractivity contribution in [1.82, 2.24) is 14.9 Å². The molecule has 9 heteroatoms. The molecule has 0 radical (unpaired) electrons. The molecule has 0 atom stereocenters. The summed E-state index contributed by atoms with van der Waals surface area (Å²) < 4.78 is 16.4. The summed E-state index contributed by atoms with van der Waals surface area (Å²) in [6.07, 6.45) is 1.57. The molecule has 0 spiro atoms. The lowest BCUT2D eigenvalue weighted by molar-refractivity contribution is 0.0398. The number of carbonyl (C=O) groups excluding carboxylic acids is 1. The monoisotopic (exact) mass is 385 g/mol. The Kier molecular flexibility index (Phi) is 5.83. The molecule has 1 aromatic carbocycles. The minimum atomic E-state index is -0.310. The average Bonchev–Trinajstić information content (AvgIpc) is 2.75. The van der Waals surface area contributed by atoms with Crippen LogP contribution < -0.4 is 20.1 Å².